The highest BCUT2D eigenvalue weighted by Gasteiger charge is 2.20. The van der Waals surface area contributed by atoms with Gasteiger partial charge in [-0.15, -0.1) is 0 Å². The topological polar surface area (TPSA) is 66.5 Å². The summed E-state index contributed by atoms with van der Waals surface area (Å²) in [6, 6.07) is 4.68. The van der Waals surface area contributed by atoms with Gasteiger partial charge in [0.2, 0.25) is 0 Å². The molecule has 4 N–H and O–H groups in total. The SMILES string of the molecule is CC(N)(CO)c1ccc(Cl)c(O)c1. The maximum absolute atomic E-state index is 9.29. The van der Waals surface area contributed by atoms with Gasteiger partial charge in [-0.1, -0.05) is 17.7 Å². The summed E-state index contributed by atoms with van der Waals surface area (Å²) in [5, 5.41) is 18.5. The summed E-state index contributed by atoms with van der Waals surface area (Å²) < 4.78 is 0. The highest BCUT2D eigenvalue weighted by Crippen LogP contribution is 2.27. The van der Waals surface area contributed by atoms with Gasteiger partial charge < -0.3 is 15.9 Å². The Balaban J connectivity index is 3.10. The highest BCUT2D eigenvalue weighted by atomic mass is 35.5. The molecule has 0 aliphatic carbocycles. The van der Waals surface area contributed by atoms with E-state index in [0.717, 1.165) is 0 Å². The van der Waals surface area contributed by atoms with E-state index in [1.54, 1.807) is 19.1 Å². The van der Waals surface area contributed by atoms with Crippen LogP contribution in [0, 0.1) is 0 Å². The summed E-state index contributed by atoms with van der Waals surface area (Å²) in [7, 11) is 0. The number of aromatic hydroxyl groups is 1. The molecule has 1 aromatic carbocycles. The van der Waals surface area contributed by atoms with Gasteiger partial charge in [0, 0.05) is 0 Å². The number of rotatable bonds is 2. The fraction of sp³-hybridized carbons (Fsp3) is 0.333. The zero-order valence-electron chi connectivity index (χ0n) is 7.29. The molecule has 0 fully saturated rings. The number of aliphatic hydroxyl groups excluding tert-OH is 1. The van der Waals surface area contributed by atoms with Crippen LogP contribution in [-0.4, -0.2) is 16.8 Å². The minimum Gasteiger partial charge on any atom is -0.506 e. The summed E-state index contributed by atoms with van der Waals surface area (Å²) in [6.07, 6.45) is 0. The third kappa shape index (κ3) is 2.12. The Morgan fingerprint density at radius 3 is 2.62 bits per heavy atom. The summed E-state index contributed by atoms with van der Waals surface area (Å²) >= 11 is 5.62. The van der Waals surface area contributed by atoms with Crippen molar-refractivity contribution < 1.29 is 10.2 Å². The van der Waals surface area contributed by atoms with Crippen molar-refractivity contribution in [1.29, 1.82) is 0 Å². The van der Waals surface area contributed by atoms with E-state index in [0.29, 0.717) is 5.56 Å². The van der Waals surface area contributed by atoms with Crippen LogP contribution < -0.4 is 5.73 Å². The van der Waals surface area contributed by atoms with E-state index < -0.39 is 5.54 Å². The number of benzene rings is 1. The fourth-order valence-corrected chi connectivity index (χ4v) is 1.08. The molecule has 0 saturated carbocycles. The second-order valence-electron chi connectivity index (χ2n) is 3.24. The standard InChI is InChI=1S/C9H12ClNO2/c1-9(11,5-12)6-2-3-7(10)8(13)4-6/h2-4,12-13H,5,11H2,1H3. The van der Waals surface area contributed by atoms with Crippen LogP contribution in [-0.2, 0) is 5.54 Å². The lowest BCUT2D eigenvalue weighted by Gasteiger charge is -2.22. The lowest BCUT2D eigenvalue weighted by molar-refractivity contribution is 0.210. The van der Waals surface area contributed by atoms with Gasteiger partial charge in [0.15, 0.2) is 0 Å². The molecule has 3 nitrogen and oxygen atoms in total. The van der Waals surface area contributed by atoms with Crippen LogP contribution >= 0.6 is 11.6 Å². The monoisotopic (exact) mass is 201 g/mol. The van der Waals surface area contributed by atoms with Crippen molar-refractivity contribution in [3.63, 3.8) is 0 Å². The summed E-state index contributed by atoms with van der Waals surface area (Å²) in [4.78, 5) is 0. The molecule has 72 valence electrons. The molecule has 0 aliphatic heterocycles. The molecule has 4 heteroatoms. The molecule has 0 amide bonds. The lowest BCUT2D eigenvalue weighted by Crippen LogP contribution is -2.36. The largest absolute Gasteiger partial charge is 0.506 e. The van der Waals surface area contributed by atoms with Crippen LogP contribution in [0.4, 0.5) is 0 Å². The Bertz CT molecular complexity index is 312. The first-order valence-corrected chi connectivity index (χ1v) is 4.24. The second-order valence-corrected chi connectivity index (χ2v) is 3.65. The minimum atomic E-state index is -0.845. The zero-order valence-corrected chi connectivity index (χ0v) is 8.04. The van der Waals surface area contributed by atoms with E-state index in [1.165, 1.54) is 6.07 Å². The van der Waals surface area contributed by atoms with Gasteiger partial charge in [-0.05, 0) is 24.6 Å². The van der Waals surface area contributed by atoms with Gasteiger partial charge in [0.05, 0.1) is 17.2 Å². The van der Waals surface area contributed by atoms with Crippen molar-refractivity contribution >= 4 is 11.6 Å². The Labute approximate surface area is 81.8 Å². The van der Waals surface area contributed by atoms with E-state index in [-0.39, 0.29) is 17.4 Å². The molecule has 0 aliphatic rings. The molecule has 0 spiro atoms. The summed E-state index contributed by atoms with van der Waals surface area (Å²) in [6.45, 7) is 1.49. The normalized spacial score (nSPS) is 15.4. The fourth-order valence-electron chi connectivity index (χ4n) is 0.959. The summed E-state index contributed by atoms with van der Waals surface area (Å²) in [5.41, 5.74) is 5.56. The van der Waals surface area contributed by atoms with E-state index in [4.69, 9.17) is 22.4 Å². The van der Waals surface area contributed by atoms with Crippen molar-refractivity contribution in [2.45, 2.75) is 12.5 Å². The summed E-state index contributed by atoms with van der Waals surface area (Å²) in [5.74, 6) is -0.0238. The van der Waals surface area contributed by atoms with Gasteiger partial charge in [0.1, 0.15) is 5.75 Å². The number of nitrogens with two attached hydrogens (primary N) is 1. The molecular formula is C9H12ClNO2. The molecule has 1 unspecified atom stereocenters. The molecule has 0 heterocycles. The number of aliphatic hydroxyl groups is 1. The van der Waals surface area contributed by atoms with Crippen LogP contribution in [0.2, 0.25) is 5.02 Å². The van der Waals surface area contributed by atoms with Crippen LogP contribution in [0.1, 0.15) is 12.5 Å². The van der Waals surface area contributed by atoms with Crippen LogP contribution in [0.25, 0.3) is 0 Å². The molecule has 0 saturated heterocycles. The quantitative estimate of drug-likeness (QED) is 0.674. The van der Waals surface area contributed by atoms with Gasteiger partial charge in [-0.2, -0.15) is 0 Å². The van der Waals surface area contributed by atoms with Crippen molar-refractivity contribution in [3.8, 4) is 5.75 Å². The van der Waals surface area contributed by atoms with E-state index >= 15 is 0 Å². The Kier molecular flexibility index (Phi) is 2.81. The molecule has 13 heavy (non-hydrogen) atoms. The number of halogens is 1. The van der Waals surface area contributed by atoms with Gasteiger partial charge in [-0.3, -0.25) is 0 Å². The second kappa shape index (κ2) is 3.54. The number of phenolic OH excluding ortho intramolecular Hbond substituents is 1. The van der Waals surface area contributed by atoms with Crippen molar-refractivity contribution in [2.24, 2.45) is 5.73 Å². The van der Waals surface area contributed by atoms with Crippen LogP contribution in [0.15, 0.2) is 18.2 Å². The van der Waals surface area contributed by atoms with E-state index in [2.05, 4.69) is 0 Å². The molecule has 0 bridgehead atoms. The average Bonchev–Trinajstić information content (AvgIpc) is 2.09. The highest BCUT2D eigenvalue weighted by molar-refractivity contribution is 6.32. The van der Waals surface area contributed by atoms with Gasteiger partial charge in [0.25, 0.3) is 0 Å². The molecule has 1 atom stereocenters. The number of hydrogen-bond acceptors (Lipinski definition) is 3. The van der Waals surface area contributed by atoms with Crippen LogP contribution in [0.3, 0.4) is 0 Å². The predicted octanol–water partition coefficient (Wildman–Crippen LogP) is 1.21. The zero-order chi connectivity index (χ0) is 10.1. The molecule has 1 rings (SSSR count). The Hall–Kier alpha value is -0.770. The first kappa shape index (κ1) is 10.3. The minimum absolute atomic E-state index is 0.0238. The van der Waals surface area contributed by atoms with E-state index in [1.807, 2.05) is 0 Å². The molecule has 0 aromatic heterocycles. The Morgan fingerprint density at radius 1 is 1.54 bits per heavy atom. The molecule has 1 aromatic rings. The first-order chi connectivity index (χ1) is 5.97. The van der Waals surface area contributed by atoms with E-state index in [9.17, 15) is 5.11 Å². The molecule has 0 radical (unpaired) electrons. The smallest absolute Gasteiger partial charge is 0.134 e. The van der Waals surface area contributed by atoms with Crippen molar-refractivity contribution in [2.75, 3.05) is 6.61 Å². The van der Waals surface area contributed by atoms with Gasteiger partial charge in [-0.25, -0.2) is 0 Å². The third-order valence-electron chi connectivity index (χ3n) is 1.93. The predicted molar refractivity (Wildman–Crippen MR) is 51.7 cm³/mol. The van der Waals surface area contributed by atoms with Crippen molar-refractivity contribution in [1.82, 2.24) is 0 Å². The number of phenols is 1. The maximum atomic E-state index is 9.29. The lowest BCUT2D eigenvalue weighted by atomic mass is 9.94. The van der Waals surface area contributed by atoms with Crippen LogP contribution in [0.5, 0.6) is 5.75 Å². The average molecular weight is 202 g/mol. The van der Waals surface area contributed by atoms with Crippen molar-refractivity contribution in [3.05, 3.63) is 28.8 Å². The molecular weight excluding hydrogens is 190 g/mol. The first-order valence-electron chi connectivity index (χ1n) is 3.86. The maximum Gasteiger partial charge on any atom is 0.134 e. The Morgan fingerprint density at radius 2 is 2.15 bits per heavy atom. The number of hydrogen-bond donors (Lipinski definition) is 3. The van der Waals surface area contributed by atoms with Gasteiger partial charge >= 0.3 is 0 Å². The third-order valence-corrected chi connectivity index (χ3v) is 2.25.